The molecule has 0 N–H and O–H groups in total. The van der Waals surface area contributed by atoms with Crippen molar-refractivity contribution < 1.29 is 28.6 Å². The minimum atomic E-state index is -0.759. The Kier molecular flexibility index (Phi) is 42.3. The topological polar surface area (TPSA) is 78.9 Å². The number of ether oxygens (including phenoxy) is 3. The van der Waals surface area contributed by atoms with Crippen molar-refractivity contribution in [1.82, 2.24) is 0 Å². The number of rotatable bonds is 44. The van der Waals surface area contributed by atoms with Gasteiger partial charge < -0.3 is 14.2 Å². The summed E-state index contributed by atoms with van der Waals surface area (Å²) in [7, 11) is 0. The first-order chi connectivity index (χ1) is 26.9. The highest BCUT2D eigenvalue weighted by Crippen LogP contribution is 2.17. The number of unbranched alkanes of at least 4 members (excludes halogenated alkanes) is 30. The van der Waals surface area contributed by atoms with Crippen molar-refractivity contribution in [1.29, 1.82) is 0 Å². The van der Waals surface area contributed by atoms with Crippen LogP contribution < -0.4 is 0 Å². The lowest BCUT2D eigenvalue weighted by Crippen LogP contribution is -2.30. The molecule has 0 aromatic carbocycles. The van der Waals surface area contributed by atoms with Crippen molar-refractivity contribution in [2.75, 3.05) is 13.2 Å². The van der Waals surface area contributed by atoms with Gasteiger partial charge >= 0.3 is 17.9 Å². The summed E-state index contributed by atoms with van der Waals surface area (Å²) in [4.78, 5) is 37.7. The van der Waals surface area contributed by atoms with Crippen LogP contribution in [0.4, 0.5) is 0 Å². The molecule has 0 fully saturated rings. The summed E-state index contributed by atoms with van der Waals surface area (Å²) < 4.78 is 16.7. The normalized spacial score (nSPS) is 12.4. The van der Waals surface area contributed by atoms with Gasteiger partial charge in [-0.3, -0.25) is 14.4 Å². The van der Waals surface area contributed by atoms with Crippen molar-refractivity contribution in [2.24, 2.45) is 5.92 Å². The largest absolute Gasteiger partial charge is 0.462 e. The first kappa shape index (κ1) is 53.4. The van der Waals surface area contributed by atoms with Crippen LogP contribution in [0.25, 0.3) is 0 Å². The Morgan fingerprint density at radius 2 is 0.636 bits per heavy atom. The highest BCUT2D eigenvalue weighted by Gasteiger charge is 2.19. The molecule has 0 aliphatic rings. The van der Waals surface area contributed by atoms with E-state index in [1.165, 1.54) is 167 Å². The lowest BCUT2D eigenvalue weighted by molar-refractivity contribution is -0.167. The van der Waals surface area contributed by atoms with E-state index >= 15 is 0 Å². The van der Waals surface area contributed by atoms with Crippen LogP contribution in [0.1, 0.15) is 272 Å². The molecule has 0 amide bonds. The first-order valence-electron chi connectivity index (χ1n) is 24.4. The Balaban J connectivity index is 4.17. The molecule has 2 atom stereocenters. The fourth-order valence-electron chi connectivity index (χ4n) is 7.30. The van der Waals surface area contributed by atoms with Gasteiger partial charge in [-0.25, -0.2) is 0 Å². The van der Waals surface area contributed by atoms with E-state index < -0.39 is 6.10 Å². The summed E-state index contributed by atoms with van der Waals surface area (Å²) in [5, 5.41) is 0. The molecule has 0 saturated carbocycles. The summed E-state index contributed by atoms with van der Waals surface area (Å²) in [6.45, 7) is 8.98. The number of carbonyl (C=O) groups excluding carboxylic acids is 3. The Morgan fingerprint density at radius 1 is 0.364 bits per heavy atom. The maximum atomic E-state index is 12.6. The van der Waals surface area contributed by atoms with Gasteiger partial charge in [-0.15, -0.1) is 0 Å². The first-order valence-corrected chi connectivity index (χ1v) is 24.4. The van der Waals surface area contributed by atoms with Gasteiger partial charge in [0.15, 0.2) is 6.10 Å². The van der Waals surface area contributed by atoms with Crippen molar-refractivity contribution in [3.63, 3.8) is 0 Å². The second-order valence-electron chi connectivity index (χ2n) is 17.0. The summed E-state index contributed by atoms with van der Waals surface area (Å²) in [6, 6.07) is 0. The molecule has 0 heterocycles. The number of esters is 3. The van der Waals surface area contributed by atoms with Crippen molar-refractivity contribution in [2.45, 2.75) is 278 Å². The van der Waals surface area contributed by atoms with Crippen molar-refractivity contribution in [3.8, 4) is 0 Å². The molecule has 326 valence electrons. The van der Waals surface area contributed by atoms with Gasteiger partial charge in [0.2, 0.25) is 0 Å². The number of hydrogen-bond acceptors (Lipinski definition) is 6. The molecule has 55 heavy (non-hydrogen) atoms. The maximum Gasteiger partial charge on any atom is 0.306 e. The lowest BCUT2D eigenvalue weighted by atomic mass is 9.99. The Morgan fingerprint density at radius 3 is 0.945 bits per heavy atom. The monoisotopic (exact) mass is 779 g/mol. The summed E-state index contributed by atoms with van der Waals surface area (Å²) in [5.41, 5.74) is 0. The van der Waals surface area contributed by atoms with E-state index in [9.17, 15) is 14.4 Å². The average molecular weight is 779 g/mol. The van der Waals surface area contributed by atoms with Crippen LogP contribution in [0, 0.1) is 5.92 Å². The number of carbonyl (C=O) groups is 3. The predicted molar refractivity (Wildman–Crippen MR) is 233 cm³/mol. The molecule has 6 heteroatoms. The SMILES string of the molecule is CCCCCCCCCCCCCCCCCCCCC(=O)OC[C@@H](COC(=O)CCCCCCCCCCC(C)CC)OC(=O)CCCCCCCCC. The number of hydrogen-bond donors (Lipinski definition) is 0. The smallest absolute Gasteiger partial charge is 0.306 e. The second-order valence-corrected chi connectivity index (χ2v) is 17.0. The van der Waals surface area contributed by atoms with E-state index in [1.54, 1.807) is 0 Å². The molecule has 0 aliphatic carbocycles. The van der Waals surface area contributed by atoms with Gasteiger partial charge in [0.1, 0.15) is 13.2 Å². The van der Waals surface area contributed by atoms with Gasteiger partial charge in [0, 0.05) is 19.3 Å². The van der Waals surface area contributed by atoms with Crippen LogP contribution in [-0.2, 0) is 28.6 Å². The van der Waals surface area contributed by atoms with Gasteiger partial charge in [-0.05, 0) is 25.2 Å². The van der Waals surface area contributed by atoms with Gasteiger partial charge in [0.05, 0.1) is 0 Å². The molecule has 0 saturated heterocycles. The highest BCUT2D eigenvalue weighted by molar-refractivity contribution is 5.71. The molecule has 0 rings (SSSR count). The molecule has 0 spiro atoms. The summed E-state index contributed by atoms with van der Waals surface area (Å²) in [5.74, 6) is -0.0102. The van der Waals surface area contributed by atoms with Gasteiger partial charge in [-0.1, -0.05) is 233 Å². The van der Waals surface area contributed by atoms with Crippen LogP contribution >= 0.6 is 0 Å². The van der Waals surface area contributed by atoms with Crippen LogP contribution in [0.5, 0.6) is 0 Å². The standard InChI is InChI=1S/C49H94O6/c1-5-8-10-12-14-15-16-17-18-19-20-21-22-23-24-29-32-36-40-47(50)53-43-46(55-49(52)42-38-34-27-13-11-9-6-2)44-54-48(51)41-37-33-30-26-25-28-31-35-39-45(4)7-3/h45-46H,5-44H2,1-4H3/t45?,46-/m0/s1. The predicted octanol–water partition coefficient (Wildman–Crippen LogP) is 15.5. The van der Waals surface area contributed by atoms with E-state index in [2.05, 4.69) is 27.7 Å². The molecule has 0 bridgehead atoms. The van der Waals surface area contributed by atoms with E-state index in [4.69, 9.17) is 14.2 Å². The molecule has 0 radical (unpaired) electrons. The molecular formula is C49H94O6. The zero-order valence-corrected chi connectivity index (χ0v) is 37.4. The third-order valence-electron chi connectivity index (χ3n) is 11.4. The third-order valence-corrected chi connectivity index (χ3v) is 11.4. The minimum absolute atomic E-state index is 0.0642. The minimum Gasteiger partial charge on any atom is -0.462 e. The zero-order valence-electron chi connectivity index (χ0n) is 37.4. The van der Waals surface area contributed by atoms with E-state index in [0.717, 1.165) is 63.7 Å². The van der Waals surface area contributed by atoms with Crippen molar-refractivity contribution in [3.05, 3.63) is 0 Å². The molecule has 0 aromatic heterocycles. The quantitative estimate of drug-likeness (QED) is 0.0348. The Hall–Kier alpha value is -1.59. The maximum absolute atomic E-state index is 12.6. The molecular weight excluding hydrogens is 685 g/mol. The van der Waals surface area contributed by atoms with Crippen molar-refractivity contribution >= 4 is 17.9 Å². The zero-order chi connectivity index (χ0) is 40.3. The van der Waals surface area contributed by atoms with Crippen LogP contribution in [0.15, 0.2) is 0 Å². The van der Waals surface area contributed by atoms with Gasteiger partial charge in [-0.2, -0.15) is 0 Å². The third kappa shape index (κ3) is 41.9. The second kappa shape index (κ2) is 43.5. The fraction of sp³-hybridized carbons (Fsp3) is 0.939. The fourth-order valence-corrected chi connectivity index (χ4v) is 7.30. The molecule has 0 aliphatic heterocycles. The molecule has 1 unspecified atom stereocenters. The molecule has 6 nitrogen and oxygen atoms in total. The lowest BCUT2D eigenvalue weighted by Gasteiger charge is -2.18. The van der Waals surface area contributed by atoms with E-state index in [1.807, 2.05) is 0 Å². The Bertz CT molecular complexity index is 828. The van der Waals surface area contributed by atoms with E-state index in [0.29, 0.717) is 19.3 Å². The molecule has 0 aromatic rings. The Labute approximate surface area is 342 Å². The van der Waals surface area contributed by atoms with Crippen LogP contribution in [0.3, 0.4) is 0 Å². The van der Waals surface area contributed by atoms with Gasteiger partial charge in [0.25, 0.3) is 0 Å². The van der Waals surface area contributed by atoms with E-state index in [-0.39, 0.29) is 31.1 Å². The highest BCUT2D eigenvalue weighted by atomic mass is 16.6. The average Bonchev–Trinajstić information content (AvgIpc) is 3.18. The summed E-state index contributed by atoms with van der Waals surface area (Å²) >= 11 is 0. The summed E-state index contributed by atoms with van der Waals surface area (Å²) in [6.07, 6.45) is 43.8. The van der Waals surface area contributed by atoms with Crippen LogP contribution in [0.2, 0.25) is 0 Å². The van der Waals surface area contributed by atoms with Crippen LogP contribution in [-0.4, -0.2) is 37.2 Å².